The summed E-state index contributed by atoms with van der Waals surface area (Å²) < 4.78 is 29.8. The number of terminal acetylenes is 1. The van der Waals surface area contributed by atoms with Crippen molar-refractivity contribution in [3.05, 3.63) is 52.8 Å². The third kappa shape index (κ3) is 5.34. The SMILES string of the molecule is C#Cc1c(C)ccc2cc(O)cc(-c3c(C#N)cc4c(N5CC6CCC(C5)N6)nc(OCC5(CN6CCOC7(CC7)C6)CC5)nc4c3F)c12. The van der Waals surface area contributed by atoms with Gasteiger partial charge in [-0.15, -0.1) is 6.42 Å². The van der Waals surface area contributed by atoms with E-state index in [0.29, 0.717) is 51.8 Å². The molecule has 4 aromatic rings. The number of fused-ring (bicyclic) bond motifs is 4. The van der Waals surface area contributed by atoms with Gasteiger partial charge >= 0.3 is 6.01 Å². The number of hydrogen-bond donors (Lipinski definition) is 2. The largest absolute Gasteiger partial charge is 0.508 e. The van der Waals surface area contributed by atoms with Crippen LogP contribution in [0, 0.1) is 41.8 Å². The Hall–Kier alpha value is -4.48. The number of halogens is 1. The van der Waals surface area contributed by atoms with Crippen molar-refractivity contribution >= 4 is 27.5 Å². The number of hydrogen-bond acceptors (Lipinski definition) is 9. The zero-order valence-corrected chi connectivity index (χ0v) is 27.7. The van der Waals surface area contributed by atoms with Gasteiger partial charge in [0.25, 0.3) is 0 Å². The molecule has 49 heavy (non-hydrogen) atoms. The predicted octanol–water partition coefficient (Wildman–Crippen LogP) is 5.42. The Morgan fingerprint density at radius 1 is 1.14 bits per heavy atom. The molecule has 2 atom stereocenters. The molecule has 3 aromatic carbocycles. The summed E-state index contributed by atoms with van der Waals surface area (Å²) in [5.41, 5.74) is 2.10. The fraction of sp³-hybridized carbons (Fsp3) is 0.462. The molecule has 1 aromatic heterocycles. The number of rotatable bonds is 7. The van der Waals surface area contributed by atoms with Crippen LogP contribution in [0.3, 0.4) is 0 Å². The highest BCUT2D eigenvalue weighted by atomic mass is 19.1. The molecule has 0 radical (unpaired) electrons. The fourth-order valence-corrected chi connectivity index (χ4v) is 8.47. The molecule has 4 heterocycles. The second-order valence-electron chi connectivity index (χ2n) is 15.0. The summed E-state index contributed by atoms with van der Waals surface area (Å²) in [6.07, 6.45) is 12.5. The van der Waals surface area contributed by atoms with Crippen LogP contribution >= 0.6 is 0 Å². The third-order valence-corrected chi connectivity index (χ3v) is 11.4. The molecule has 0 amide bonds. The molecule has 2 N–H and O–H groups in total. The molecule has 1 spiro atoms. The topological polar surface area (TPSA) is 107 Å². The molecule has 9 nitrogen and oxygen atoms in total. The second kappa shape index (κ2) is 11.3. The minimum atomic E-state index is -0.666. The fourth-order valence-electron chi connectivity index (χ4n) is 8.47. The number of aromatic hydroxyl groups is 1. The van der Waals surface area contributed by atoms with Crippen LogP contribution < -0.4 is 15.0 Å². The van der Waals surface area contributed by atoms with E-state index in [1.54, 1.807) is 12.1 Å². The highest BCUT2D eigenvalue weighted by Gasteiger charge is 2.51. The van der Waals surface area contributed by atoms with Crippen LogP contribution in [0.2, 0.25) is 0 Å². The van der Waals surface area contributed by atoms with Gasteiger partial charge in [-0.1, -0.05) is 18.1 Å². The number of phenols is 1. The van der Waals surface area contributed by atoms with E-state index in [0.717, 1.165) is 83.4 Å². The van der Waals surface area contributed by atoms with Crippen molar-refractivity contribution in [1.29, 1.82) is 5.26 Å². The number of nitrogens with zero attached hydrogens (tertiary/aromatic N) is 5. The summed E-state index contributed by atoms with van der Waals surface area (Å²) >= 11 is 0. The Morgan fingerprint density at radius 3 is 2.65 bits per heavy atom. The molecule has 2 unspecified atom stereocenters. The summed E-state index contributed by atoms with van der Waals surface area (Å²) in [5, 5.41) is 26.6. The van der Waals surface area contributed by atoms with Crippen molar-refractivity contribution in [1.82, 2.24) is 20.2 Å². The monoisotopic (exact) mass is 658 g/mol. The Morgan fingerprint density at radius 2 is 1.94 bits per heavy atom. The van der Waals surface area contributed by atoms with Gasteiger partial charge in [0.05, 0.1) is 30.4 Å². The highest BCUT2D eigenvalue weighted by molar-refractivity contribution is 6.06. The average molecular weight is 659 g/mol. The highest BCUT2D eigenvalue weighted by Crippen LogP contribution is 2.49. The number of piperazine rings is 1. The van der Waals surface area contributed by atoms with Crippen LogP contribution in [0.4, 0.5) is 10.2 Å². The van der Waals surface area contributed by atoms with Crippen LogP contribution in [0.15, 0.2) is 30.3 Å². The minimum Gasteiger partial charge on any atom is -0.508 e. The van der Waals surface area contributed by atoms with Crippen LogP contribution in [-0.4, -0.2) is 83.6 Å². The van der Waals surface area contributed by atoms with E-state index < -0.39 is 5.82 Å². The molecule has 2 saturated carbocycles. The summed E-state index contributed by atoms with van der Waals surface area (Å²) in [6, 6.07) is 11.5. The van der Waals surface area contributed by atoms with E-state index in [1.165, 1.54) is 6.07 Å². The van der Waals surface area contributed by atoms with Gasteiger partial charge in [0.2, 0.25) is 0 Å². The van der Waals surface area contributed by atoms with Gasteiger partial charge in [-0.2, -0.15) is 15.2 Å². The molecule has 3 aliphatic heterocycles. The summed E-state index contributed by atoms with van der Waals surface area (Å²) in [4.78, 5) is 14.4. The first-order chi connectivity index (χ1) is 23.8. The second-order valence-corrected chi connectivity index (χ2v) is 15.0. The maximum absolute atomic E-state index is 17.3. The lowest BCUT2D eigenvalue weighted by atomic mass is 9.89. The van der Waals surface area contributed by atoms with Crippen LogP contribution in [0.1, 0.15) is 55.2 Å². The zero-order chi connectivity index (χ0) is 33.5. The smallest absolute Gasteiger partial charge is 0.319 e. The Bertz CT molecular complexity index is 2100. The third-order valence-electron chi connectivity index (χ3n) is 11.4. The predicted molar refractivity (Wildman–Crippen MR) is 185 cm³/mol. The number of benzene rings is 3. The van der Waals surface area contributed by atoms with E-state index >= 15 is 4.39 Å². The number of nitriles is 1. The standard InChI is InChI=1S/C39H39FN6O3/c1-3-29-23(2)4-5-24-14-28(47)16-30(32(24)29)33-25(17-41)15-31-35(34(33)40)43-37(44-36(31)46-18-26-6-7-27(19-46)42-26)48-22-38(8-9-38)20-45-12-13-49-39(21-45)10-11-39/h1,4-5,14-16,26-27,42,47H,6-13,18-22H2,2H3. The van der Waals surface area contributed by atoms with Gasteiger partial charge in [-0.3, -0.25) is 4.90 Å². The molecule has 9 rings (SSSR count). The van der Waals surface area contributed by atoms with Gasteiger partial charge in [-0.05, 0) is 80.2 Å². The first-order valence-electron chi connectivity index (χ1n) is 17.4. The summed E-state index contributed by atoms with van der Waals surface area (Å²) in [7, 11) is 0. The molecule has 5 fully saturated rings. The molecule has 3 saturated heterocycles. The molecular weight excluding hydrogens is 619 g/mol. The van der Waals surface area contributed by atoms with E-state index in [9.17, 15) is 10.4 Å². The number of aromatic nitrogens is 2. The zero-order valence-electron chi connectivity index (χ0n) is 27.7. The van der Waals surface area contributed by atoms with E-state index in [2.05, 4.69) is 27.1 Å². The molecule has 5 aliphatic rings. The van der Waals surface area contributed by atoms with Crippen molar-refractivity contribution in [3.8, 4) is 41.3 Å². The summed E-state index contributed by atoms with van der Waals surface area (Å²) in [6.45, 7) is 7.38. The molecule has 250 valence electrons. The van der Waals surface area contributed by atoms with E-state index in [-0.39, 0.29) is 39.4 Å². The van der Waals surface area contributed by atoms with Gasteiger partial charge in [-0.25, -0.2) is 4.39 Å². The number of phenolic OH excluding ortho intramolecular Hbond substituents is 1. The molecular formula is C39H39FN6O3. The van der Waals surface area contributed by atoms with Gasteiger partial charge in [0, 0.05) is 72.1 Å². The van der Waals surface area contributed by atoms with Gasteiger partial charge in [0.1, 0.15) is 17.1 Å². The maximum atomic E-state index is 17.3. The molecule has 10 heteroatoms. The Kier molecular flexibility index (Phi) is 7.04. The lowest BCUT2D eigenvalue weighted by molar-refractivity contribution is -0.0532. The maximum Gasteiger partial charge on any atom is 0.319 e. The Labute approximate surface area is 285 Å². The van der Waals surface area contributed by atoms with Gasteiger partial charge < -0.3 is 24.8 Å². The summed E-state index contributed by atoms with van der Waals surface area (Å²) in [5.74, 6) is 2.62. The normalized spacial score (nSPS) is 23.5. The van der Waals surface area contributed by atoms with Crippen molar-refractivity contribution in [2.45, 2.75) is 63.1 Å². The van der Waals surface area contributed by atoms with Crippen LogP contribution in [0.25, 0.3) is 32.8 Å². The quantitative estimate of drug-likeness (QED) is 0.252. The van der Waals surface area contributed by atoms with Crippen LogP contribution in [0.5, 0.6) is 11.8 Å². The van der Waals surface area contributed by atoms with Gasteiger partial charge in [0.15, 0.2) is 5.82 Å². The first-order valence-corrected chi connectivity index (χ1v) is 17.4. The number of anilines is 1. The number of morpholine rings is 1. The van der Waals surface area contributed by atoms with Crippen molar-refractivity contribution in [3.63, 3.8) is 0 Å². The van der Waals surface area contributed by atoms with E-state index in [1.807, 2.05) is 19.1 Å². The van der Waals surface area contributed by atoms with Crippen LogP contribution in [-0.2, 0) is 4.74 Å². The molecule has 2 aliphatic carbocycles. The number of aryl methyl sites for hydroxylation is 1. The van der Waals surface area contributed by atoms with E-state index in [4.69, 9.17) is 25.9 Å². The van der Waals surface area contributed by atoms with Crippen molar-refractivity contribution in [2.24, 2.45) is 5.41 Å². The van der Waals surface area contributed by atoms with Crippen molar-refractivity contribution < 1.29 is 19.0 Å². The lowest BCUT2D eigenvalue weighted by Crippen LogP contribution is -2.51. The Balaban J connectivity index is 1.15. The number of nitrogens with one attached hydrogen (secondary N) is 1. The first kappa shape index (κ1) is 30.6. The lowest BCUT2D eigenvalue weighted by Gasteiger charge is -2.35. The minimum absolute atomic E-state index is 0.0123. The molecule has 2 bridgehead atoms. The average Bonchev–Trinajstić information content (AvgIpc) is 4.02. The van der Waals surface area contributed by atoms with Crippen molar-refractivity contribution in [2.75, 3.05) is 50.8 Å². The number of ether oxygens (including phenoxy) is 2.